The van der Waals surface area contributed by atoms with E-state index in [4.69, 9.17) is 4.74 Å². The molecule has 0 radical (unpaired) electrons. The number of hydrogen-bond donors (Lipinski definition) is 1. The van der Waals surface area contributed by atoms with Crippen LogP contribution in [0.15, 0.2) is 6.33 Å². The van der Waals surface area contributed by atoms with Gasteiger partial charge in [-0.2, -0.15) is 0 Å². The van der Waals surface area contributed by atoms with Gasteiger partial charge in [0.2, 0.25) is 0 Å². The summed E-state index contributed by atoms with van der Waals surface area (Å²) in [7, 11) is 0. The van der Waals surface area contributed by atoms with E-state index in [1.807, 2.05) is 22.6 Å². The zero-order chi connectivity index (χ0) is 9.68. The number of imidazole rings is 1. The smallest absolute Gasteiger partial charge is 0.358 e. The van der Waals surface area contributed by atoms with Gasteiger partial charge in [-0.05, 0) is 29.5 Å². The van der Waals surface area contributed by atoms with Gasteiger partial charge in [0.25, 0.3) is 0 Å². The third kappa shape index (κ3) is 2.73. The fourth-order valence-corrected chi connectivity index (χ4v) is 1.18. The topological polar surface area (TPSA) is 55.0 Å². The highest BCUT2D eigenvalue weighted by atomic mass is 127. The molecule has 0 aromatic carbocycles. The van der Waals surface area contributed by atoms with Crippen LogP contribution in [-0.4, -0.2) is 22.5 Å². The number of halogens is 1. The lowest BCUT2D eigenvalue weighted by molar-refractivity contribution is 0.0549. The second-order valence-corrected chi connectivity index (χ2v) is 3.09. The Morgan fingerprint density at radius 3 is 3.15 bits per heavy atom. The van der Waals surface area contributed by atoms with Gasteiger partial charge in [0, 0.05) is 0 Å². The van der Waals surface area contributed by atoms with Gasteiger partial charge in [-0.1, -0.05) is 5.92 Å². The second kappa shape index (κ2) is 4.87. The molecule has 0 saturated carbocycles. The van der Waals surface area contributed by atoms with Gasteiger partial charge in [-0.25, -0.2) is 9.78 Å². The van der Waals surface area contributed by atoms with Crippen LogP contribution in [0.2, 0.25) is 0 Å². The maximum Gasteiger partial charge on any atom is 0.358 e. The van der Waals surface area contributed by atoms with Crippen LogP contribution in [-0.2, 0) is 4.74 Å². The average Bonchev–Trinajstić information content (AvgIpc) is 2.52. The maximum atomic E-state index is 11.2. The minimum atomic E-state index is -0.426. The monoisotopic (exact) mass is 290 g/mol. The molecule has 1 rings (SSSR count). The highest BCUT2D eigenvalue weighted by Crippen LogP contribution is 2.06. The lowest BCUT2D eigenvalue weighted by atomic mass is 10.5. The summed E-state index contributed by atoms with van der Waals surface area (Å²) in [5.41, 5.74) is 0.374. The van der Waals surface area contributed by atoms with Gasteiger partial charge < -0.3 is 9.72 Å². The molecule has 5 heteroatoms. The van der Waals surface area contributed by atoms with E-state index >= 15 is 0 Å². The number of H-pyrrole nitrogens is 1. The minimum absolute atomic E-state index is 0.116. The normalized spacial score (nSPS) is 8.77. The largest absolute Gasteiger partial charge is 0.448 e. The summed E-state index contributed by atoms with van der Waals surface area (Å²) in [6.45, 7) is 1.80. The van der Waals surface area contributed by atoms with Crippen molar-refractivity contribution in [3.05, 3.63) is 15.7 Å². The standard InChI is InChI=1S/C8H7IN2O2/c1-2-3-4-13-8(12)6-7(9)11-5-10-6/h5H,4H2,1H3,(H,10,11). The number of ether oxygens (including phenoxy) is 1. The number of esters is 1. The number of nitrogens with one attached hydrogen (secondary N) is 1. The lowest BCUT2D eigenvalue weighted by Gasteiger charge is -1.97. The fraction of sp³-hybridized carbons (Fsp3) is 0.250. The van der Waals surface area contributed by atoms with Crippen LogP contribution in [0.3, 0.4) is 0 Å². The third-order valence-electron chi connectivity index (χ3n) is 1.25. The number of aromatic amines is 1. The molecule has 1 aromatic rings. The van der Waals surface area contributed by atoms with E-state index in [0.29, 0.717) is 9.39 Å². The molecule has 4 nitrogen and oxygen atoms in total. The van der Waals surface area contributed by atoms with E-state index in [-0.39, 0.29) is 6.61 Å². The van der Waals surface area contributed by atoms with Crippen LogP contribution in [0.25, 0.3) is 0 Å². The molecule has 0 saturated heterocycles. The van der Waals surface area contributed by atoms with Crippen molar-refractivity contribution >= 4 is 28.6 Å². The summed E-state index contributed by atoms with van der Waals surface area (Å²) in [6, 6.07) is 0. The molecule has 0 spiro atoms. The molecule has 1 heterocycles. The SMILES string of the molecule is CC#CCOC(=O)c1[nH]cnc1I. The first kappa shape index (κ1) is 10.1. The Labute approximate surface area is 89.2 Å². The third-order valence-corrected chi connectivity index (χ3v) is 2.07. The van der Waals surface area contributed by atoms with Gasteiger partial charge >= 0.3 is 5.97 Å². The molecule has 13 heavy (non-hydrogen) atoms. The highest BCUT2D eigenvalue weighted by Gasteiger charge is 2.12. The van der Waals surface area contributed by atoms with Crippen LogP contribution in [0.1, 0.15) is 17.4 Å². The summed E-state index contributed by atoms with van der Waals surface area (Å²) in [4.78, 5) is 17.8. The Hall–Kier alpha value is -1.03. The zero-order valence-electron chi connectivity index (χ0n) is 6.93. The number of hydrogen-bond acceptors (Lipinski definition) is 3. The second-order valence-electron chi connectivity index (χ2n) is 2.07. The van der Waals surface area contributed by atoms with Crippen molar-refractivity contribution in [1.82, 2.24) is 9.97 Å². The molecular formula is C8H7IN2O2. The van der Waals surface area contributed by atoms with Crippen molar-refractivity contribution in [2.45, 2.75) is 6.92 Å². The van der Waals surface area contributed by atoms with E-state index in [1.165, 1.54) is 6.33 Å². The van der Waals surface area contributed by atoms with E-state index in [1.54, 1.807) is 6.92 Å². The van der Waals surface area contributed by atoms with Crippen molar-refractivity contribution in [3.8, 4) is 11.8 Å². The summed E-state index contributed by atoms with van der Waals surface area (Å²) in [6.07, 6.45) is 1.45. The number of nitrogens with zero attached hydrogens (tertiary/aromatic N) is 1. The Bertz CT molecular complexity index is 362. The predicted molar refractivity (Wildman–Crippen MR) is 55.0 cm³/mol. The highest BCUT2D eigenvalue weighted by molar-refractivity contribution is 14.1. The van der Waals surface area contributed by atoms with E-state index in [9.17, 15) is 4.79 Å². The first-order chi connectivity index (χ1) is 6.25. The van der Waals surface area contributed by atoms with Gasteiger partial charge in [0.1, 0.15) is 3.70 Å². The van der Waals surface area contributed by atoms with Crippen molar-refractivity contribution in [2.24, 2.45) is 0 Å². The van der Waals surface area contributed by atoms with Crippen LogP contribution < -0.4 is 0 Å². The van der Waals surface area contributed by atoms with Crippen molar-refractivity contribution in [3.63, 3.8) is 0 Å². The zero-order valence-corrected chi connectivity index (χ0v) is 9.08. The number of rotatable bonds is 2. The Morgan fingerprint density at radius 1 is 1.85 bits per heavy atom. The van der Waals surface area contributed by atoms with Crippen LogP contribution >= 0.6 is 22.6 Å². The Morgan fingerprint density at radius 2 is 2.62 bits per heavy atom. The molecule has 0 fully saturated rings. The molecule has 0 aliphatic carbocycles. The van der Waals surface area contributed by atoms with Gasteiger partial charge in [0.05, 0.1) is 6.33 Å². The fourth-order valence-electron chi connectivity index (χ4n) is 0.667. The van der Waals surface area contributed by atoms with Crippen molar-refractivity contribution in [2.75, 3.05) is 6.61 Å². The Balaban J connectivity index is 2.57. The first-order valence-electron chi connectivity index (χ1n) is 3.51. The summed E-state index contributed by atoms with van der Waals surface area (Å²) in [5.74, 6) is 4.83. The van der Waals surface area contributed by atoms with Gasteiger partial charge in [-0.15, -0.1) is 5.92 Å². The summed E-state index contributed by atoms with van der Waals surface area (Å²) >= 11 is 1.95. The van der Waals surface area contributed by atoms with E-state index in [2.05, 4.69) is 21.8 Å². The lowest BCUT2D eigenvalue weighted by Crippen LogP contribution is -2.07. The quantitative estimate of drug-likeness (QED) is 0.506. The molecule has 0 unspecified atom stereocenters. The maximum absolute atomic E-state index is 11.2. The predicted octanol–water partition coefficient (Wildman–Crippen LogP) is 1.19. The van der Waals surface area contributed by atoms with E-state index < -0.39 is 5.97 Å². The molecule has 0 amide bonds. The van der Waals surface area contributed by atoms with Gasteiger partial charge in [0.15, 0.2) is 12.3 Å². The van der Waals surface area contributed by atoms with Crippen molar-refractivity contribution < 1.29 is 9.53 Å². The molecule has 0 aliphatic rings. The first-order valence-corrected chi connectivity index (χ1v) is 4.59. The number of carbonyl (C=O) groups excluding carboxylic acids is 1. The number of carbonyl (C=O) groups is 1. The molecule has 68 valence electrons. The number of aromatic nitrogens is 2. The molecule has 0 atom stereocenters. The van der Waals surface area contributed by atoms with Crippen LogP contribution in [0.5, 0.6) is 0 Å². The summed E-state index contributed by atoms with van der Waals surface area (Å²) < 4.78 is 5.42. The van der Waals surface area contributed by atoms with Crippen LogP contribution in [0.4, 0.5) is 0 Å². The Kier molecular flexibility index (Phi) is 3.76. The molecule has 1 N–H and O–H groups in total. The van der Waals surface area contributed by atoms with E-state index in [0.717, 1.165) is 0 Å². The van der Waals surface area contributed by atoms with Crippen molar-refractivity contribution in [1.29, 1.82) is 0 Å². The summed E-state index contributed by atoms with van der Waals surface area (Å²) in [5, 5.41) is 0. The van der Waals surface area contributed by atoms with Crippen LogP contribution in [0, 0.1) is 15.5 Å². The molecule has 0 bridgehead atoms. The van der Waals surface area contributed by atoms with Gasteiger partial charge in [-0.3, -0.25) is 0 Å². The molecule has 0 aliphatic heterocycles. The minimum Gasteiger partial charge on any atom is -0.448 e. The molecular weight excluding hydrogens is 283 g/mol. The average molecular weight is 290 g/mol. The molecule has 1 aromatic heterocycles.